The van der Waals surface area contributed by atoms with Gasteiger partial charge in [0.25, 0.3) is 0 Å². The van der Waals surface area contributed by atoms with Gasteiger partial charge in [0.2, 0.25) is 0 Å². The number of allylic oxidation sites excluding steroid dienone is 2. The Labute approximate surface area is 104 Å². The van der Waals surface area contributed by atoms with Crippen molar-refractivity contribution in [3.05, 3.63) is 35.5 Å². The largest absolute Gasteiger partial charge is 0.495 e. The molecule has 1 aromatic carbocycles. The van der Waals surface area contributed by atoms with Gasteiger partial charge in [0.1, 0.15) is 5.75 Å². The lowest BCUT2D eigenvalue weighted by molar-refractivity contribution is 0.403. The first-order valence-corrected chi connectivity index (χ1v) is 6.32. The van der Waals surface area contributed by atoms with Crippen molar-refractivity contribution >= 4 is 5.69 Å². The van der Waals surface area contributed by atoms with Crippen LogP contribution in [0, 0.1) is 0 Å². The summed E-state index contributed by atoms with van der Waals surface area (Å²) in [5, 5.41) is 3.35. The molecule has 2 rings (SSSR count). The molecule has 1 N–H and O–H groups in total. The zero-order valence-electron chi connectivity index (χ0n) is 10.9. The summed E-state index contributed by atoms with van der Waals surface area (Å²) in [4.78, 5) is 0. The van der Waals surface area contributed by atoms with Gasteiger partial charge in [-0.15, -0.1) is 0 Å². The molecule has 0 bridgehead atoms. The first-order valence-electron chi connectivity index (χ1n) is 6.32. The van der Waals surface area contributed by atoms with Crippen molar-refractivity contribution in [2.45, 2.75) is 39.0 Å². The Morgan fingerprint density at radius 1 is 1.41 bits per heavy atom. The van der Waals surface area contributed by atoms with Crippen molar-refractivity contribution in [1.29, 1.82) is 0 Å². The van der Waals surface area contributed by atoms with Crippen LogP contribution >= 0.6 is 0 Å². The van der Waals surface area contributed by atoms with Crippen molar-refractivity contribution in [2.75, 3.05) is 12.4 Å². The van der Waals surface area contributed by atoms with Gasteiger partial charge in [0.15, 0.2) is 0 Å². The summed E-state index contributed by atoms with van der Waals surface area (Å²) in [7, 11) is 1.73. The average molecular weight is 231 g/mol. The number of anilines is 1. The Bertz CT molecular complexity index is 419. The minimum Gasteiger partial charge on any atom is -0.495 e. The second-order valence-electron chi connectivity index (χ2n) is 4.68. The topological polar surface area (TPSA) is 21.3 Å². The van der Waals surface area contributed by atoms with Gasteiger partial charge in [-0.1, -0.05) is 18.6 Å². The molecule has 2 heteroatoms. The molecule has 92 valence electrons. The smallest absolute Gasteiger partial charge is 0.142 e. The van der Waals surface area contributed by atoms with Crippen LogP contribution in [0.15, 0.2) is 30.0 Å². The second-order valence-corrected chi connectivity index (χ2v) is 4.68. The first kappa shape index (κ1) is 12.0. The molecule has 0 spiro atoms. The van der Waals surface area contributed by atoms with Crippen LogP contribution in [0.25, 0.3) is 0 Å². The molecular formula is C15H21NO. The highest BCUT2D eigenvalue weighted by Gasteiger charge is 2.20. The van der Waals surface area contributed by atoms with E-state index in [1.54, 1.807) is 7.11 Å². The molecule has 1 aliphatic carbocycles. The average Bonchev–Trinajstić information content (AvgIpc) is 2.28. The van der Waals surface area contributed by atoms with Crippen molar-refractivity contribution < 1.29 is 4.74 Å². The molecule has 1 saturated carbocycles. The van der Waals surface area contributed by atoms with Gasteiger partial charge in [0, 0.05) is 5.70 Å². The zero-order valence-corrected chi connectivity index (χ0v) is 10.9. The van der Waals surface area contributed by atoms with Gasteiger partial charge in [-0.2, -0.15) is 0 Å². The SMILES string of the molecule is C/C=C(\C)Nc1ccc(C2CCC2)cc1OC. The van der Waals surface area contributed by atoms with Crippen LogP contribution in [-0.4, -0.2) is 7.11 Å². The maximum atomic E-state index is 5.46. The first-order chi connectivity index (χ1) is 8.24. The van der Waals surface area contributed by atoms with Crippen molar-refractivity contribution in [1.82, 2.24) is 0 Å². The highest BCUT2D eigenvalue weighted by Crippen LogP contribution is 2.39. The fourth-order valence-corrected chi connectivity index (χ4v) is 2.09. The lowest BCUT2D eigenvalue weighted by Crippen LogP contribution is -2.09. The Hall–Kier alpha value is -1.44. The summed E-state index contributed by atoms with van der Waals surface area (Å²) in [6.45, 7) is 4.08. The van der Waals surface area contributed by atoms with Gasteiger partial charge >= 0.3 is 0 Å². The van der Waals surface area contributed by atoms with Crippen molar-refractivity contribution in [3.8, 4) is 5.75 Å². The van der Waals surface area contributed by atoms with Crippen molar-refractivity contribution in [3.63, 3.8) is 0 Å². The molecular weight excluding hydrogens is 210 g/mol. The van der Waals surface area contributed by atoms with Gasteiger partial charge in [-0.05, 0) is 50.3 Å². The molecule has 1 aliphatic rings. The quantitative estimate of drug-likeness (QED) is 0.834. The molecule has 0 aliphatic heterocycles. The minimum atomic E-state index is 0.751. The zero-order chi connectivity index (χ0) is 12.3. The number of methoxy groups -OCH3 is 1. The normalized spacial score (nSPS) is 16.5. The molecule has 1 aromatic rings. The van der Waals surface area contributed by atoms with Crippen molar-refractivity contribution in [2.24, 2.45) is 0 Å². The highest BCUT2D eigenvalue weighted by atomic mass is 16.5. The number of hydrogen-bond acceptors (Lipinski definition) is 2. The minimum absolute atomic E-state index is 0.751. The molecule has 2 nitrogen and oxygen atoms in total. The highest BCUT2D eigenvalue weighted by molar-refractivity contribution is 5.60. The van der Waals surface area contributed by atoms with E-state index >= 15 is 0 Å². The Morgan fingerprint density at radius 3 is 2.71 bits per heavy atom. The lowest BCUT2D eigenvalue weighted by atomic mass is 9.80. The second kappa shape index (κ2) is 5.26. The van der Waals surface area contributed by atoms with Crippen LogP contribution in [0.2, 0.25) is 0 Å². The van der Waals surface area contributed by atoms with Crippen LogP contribution in [-0.2, 0) is 0 Å². The molecule has 1 fully saturated rings. The van der Waals surface area contributed by atoms with E-state index in [9.17, 15) is 0 Å². The van der Waals surface area contributed by atoms with E-state index < -0.39 is 0 Å². The van der Waals surface area contributed by atoms with E-state index in [0.29, 0.717) is 0 Å². The summed E-state index contributed by atoms with van der Waals surface area (Å²) < 4.78 is 5.46. The molecule has 0 saturated heterocycles. The summed E-state index contributed by atoms with van der Waals surface area (Å²) in [5.41, 5.74) is 3.60. The molecule has 0 unspecified atom stereocenters. The fraction of sp³-hybridized carbons (Fsp3) is 0.467. The molecule has 0 heterocycles. The standard InChI is InChI=1S/C15H21NO/c1-4-11(2)16-14-9-8-13(10-15(14)17-3)12-6-5-7-12/h4,8-10,12,16H,5-7H2,1-3H3/b11-4+. The maximum absolute atomic E-state index is 5.46. The number of hydrogen-bond donors (Lipinski definition) is 1. The van der Waals surface area contributed by atoms with Gasteiger partial charge in [0.05, 0.1) is 12.8 Å². The fourth-order valence-electron chi connectivity index (χ4n) is 2.09. The Balaban J connectivity index is 2.21. The molecule has 0 atom stereocenters. The van der Waals surface area contributed by atoms with E-state index in [2.05, 4.69) is 36.5 Å². The van der Waals surface area contributed by atoms with Crippen LogP contribution < -0.4 is 10.1 Å². The molecule has 0 aromatic heterocycles. The van der Waals surface area contributed by atoms with E-state index in [1.807, 2.05) is 6.92 Å². The summed E-state index contributed by atoms with van der Waals surface area (Å²) in [6.07, 6.45) is 6.07. The Morgan fingerprint density at radius 2 is 2.18 bits per heavy atom. The predicted octanol–water partition coefficient (Wildman–Crippen LogP) is 4.30. The van der Waals surface area contributed by atoms with E-state index in [-0.39, 0.29) is 0 Å². The van der Waals surface area contributed by atoms with Crippen LogP contribution in [0.1, 0.15) is 44.6 Å². The molecule has 0 amide bonds. The predicted molar refractivity (Wildman–Crippen MR) is 72.6 cm³/mol. The molecule has 0 radical (unpaired) electrons. The third kappa shape index (κ3) is 2.63. The van der Waals surface area contributed by atoms with Gasteiger partial charge in [-0.3, -0.25) is 0 Å². The maximum Gasteiger partial charge on any atom is 0.142 e. The number of benzene rings is 1. The Kier molecular flexibility index (Phi) is 3.72. The number of rotatable bonds is 4. The number of nitrogens with one attached hydrogen (secondary N) is 1. The van der Waals surface area contributed by atoms with E-state index in [4.69, 9.17) is 4.74 Å². The third-order valence-corrected chi connectivity index (χ3v) is 3.57. The van der Waals surface area contributed by atoms with Crippen LogP contribution in [0.4, 0.5) is 5.69 Å². The summed E-state index contributed by atoms with van der Waals surface area (Å²) in [6, 6.07) is 6.52. The van der Waals surface area contributed by atoms with Gasteiger partial charge < -0.3 is 10.1 Å². The van der Waals surface area contributed by atoms with Gasteiger partial charge in [-0.25, -0.2) is 0 Å². The summed E-state index contributed by atoms with van der Waals surface area (Å²) in [5.74, 6) is 1.69. The van der Waals surface area contributed by atoms with E-state index in [0.717, 1.165) is 23.1 Å². The van der Waals surface area contributed by atoms with Crippen LogP contribution in [0.3, 0.4) is 0 Å². The van der Waals surface area contributed by atoms with Crippen LogP contribution in [0.5, 0.6) is 5.75 Å². The monoisotopic (exact) mass is 231 g/mol. The molecule has 17 heavy (non-hydrogen) atoms. The summed E-state index contributed by atoms with van der Waals surface area (Å²) >= 11 is 0. The lowest BCUT2D eigenvalue weighted by Gasteiger charge is -2.26. The third-order valence-electron chi connectivity index (χ3n) is 3.57. The van der Waals surface area contributed by atoms with E-state index in [1.165, 1.54) is 24.8 Å². The number of ether oxygens (including phenoxy) is 1.